The third-order valence-electron chi connectivity index (χ3n) is 1.52. The molecule has 2 N–H and O–H groups in total. The summed E-state index contributed by atoms with van der Waals surface area (Å²) in [6.07, 6.45) is 0. The molecule has 0 radical (unpaired) electrons. The molecular weight excluding hydrogens is 190 g/mol. The first-order valence-corrected chi connectivity index (χ1v) is 4.27. The Kier molecular flexibility index (Phi) is 2.33. The maximum Gasteiger partial charge on any atom is 0.0317 e. The smallest absolute Gasteiger partial charge is 0.0317 e. The number of nitrogen functional groups attached to an aromatic ring is 1. The van der Waals surface area contributed by atoms with Gasteiger partial charge < -0.3 is 5.73 Å². The van der Waals surface area contributed by atoms with Crippen molar-refractivity contribution in [1.82, 2.24) is 0 Å². The van der Waals surface area contributed by atoms with E-state index in [-0.39, 0.29) is 0 Å². The van der Waals surface area contributed by atoms with Crippen molar-refractivity contribution < 1.29 is 0 Å². The van der Waals surface area contributed by atoms with Crippen molar-refractivity contribution in [3.05, 3.63) is 29.3 Å². The second-order valence-electron chi connectivity index (χ2n) is 2.32. The van der Waals surface area contributed by atoms with Gasteiger partial charge in [0.15, 0.2) is 0 Å². The Labute approximate surface area is 69.4 Å². The number of anilines is 1. The first-order valence-electron chi connectivity index (χ1n) is 3.15. The van der Waals surface area contributed by atoms with Gasteiger partial charge in [-0.05, 0) is 30.2 Å². The van der Waals surface area contributed by atoms with Crippen molar-refractivity contribution >= 4 is 21.6 Å². The Morgan fingerprint density at radius 3 is 2.70 bits per heavy atom. The van der Waals surface area contributed by atoms with E-state index in [0.717, 1.165) is 11.0 Å². The zero-order valence-corrected chi connectivity index (χ0v) is 7.48. The van der Waals surface area contributed by atoms with Gasteiger partial charge in [0, 0.05) is 11.0 Å². The molecule has 0 heterocycles. The van der Waals surface area contributed by atoms with Gasteiger partial charge in [-0.2, -0.15) is 0 Å². The summed E-state index contributed by atoms with van der Waals surface area (Å²) in [6.45, 7) is 2.08. The molecule has 0 aliphatic heterocycles. The molecule has 0 saturated heterocycles. The van der Waals surface area contributed by atoms with E-state index in [4.69, 9.17) is 5.73 Å². The molecule has 0 saturated carbocycles. The maximum atomic E-state index is 5.58. The van der Waals surface area contributed by atoms with E-state index >= 15 is 0 Å². The number of alkyl halides is 1. The highest BCUT2D eigenvalue weighted by Gasteiger charge is 1.94. The third-order valence-corrected chi connectivity index (χ3v) is 2.12. The number of nitrogens with two attached hydrogens (primary N) is 1. The predicted octanol–water partition coefficient (Wildman–Crippen LogP) is 2.47. The summed E-state index contributed by atoms with van der Waals surface area (Å²) in [5.41, 5.74) is 8.96. The van der Waals surface area contributed by atoms with Gasteiger partial charge in [0.1, 0.15) is 0 Å². The van der Waals surface area contributed by atoms with Crippen LogP contribution in [-0.2, 0) is 5.33 Å². The van der Waals surface area contributed by atoms with Crippen LogP contribution >= 0.6 is 15.9 Å². The highest BCUT2D eigenvalue weighted by molar-refractivity contribution is 9.08. The number of benzene rings is 1. The van der Waals surface area contributed by atoms with Gasteiger partial charge in [0.2, 0.25) is 0 Å². The summed E-state index contributed by atoms with van der Waals surface area (Å²) in [6, 6.07) is 5.94. The van der Waals surface area contributed by atoms with Crippen LogP contribution in [-0.4, -0.2) is 0 Å². The van der Waals surface area contributed by atoms with E-state index in [1.165, 1.54) is 11.1 Å². The van der Waals surface area contributed by atoms with Crippen LogP contribution < -0.4 is 5.73 Å². The van der Waals surface area contributed by atoms with Crippen molar-refractivity contribution in [2.24, 2.45) is 0 Å². The molecule has 0 bridgehead atoms. The van der Waals surface area contributed by atoms with Gasteiger partial charge >= 0.3 is 0 Å². The summed E-state index contributed by atoms with van der Waals surface area (Å²) >= 11 is 3.39. The van der Waals surface area contributed by atoms with Gasteiger partial charge in [-0.1, -0.05) is 22.0 Å². The van der Waals surface area contributed by atoms with E-state index in [1.807, 2.05) is 18.2 Å². The quantitative estimate of drug-likeness (QED) is 0.546. The lowest BCUT2D eigenvalue weighted by molar-refractivity contribution is 1.32. The Morgan fingerprint density at radius 2 is 2.20 bits per heavy atom. The lowest BCUT2D eigenvalue weighted by Gasteiger charge is -2.01. The van der Waals surface area contributed by atoms with Crippen LogP contribution in [0.25, 0.3) is 0 Å². The van der Waals surface area contributed by atoms with Gasteiger partial charge in [-0.3, -0.25) is 0 Å². The molecule has 0 amide bonds. The molecule has 54 valence electrons. The number of aryl methyl sites for hydroxylation is 1. The highest BCUT2D eigenvalue weighted by Crippen LogP contribution is 2.14. The zero-order chi connectivity index (χ0) is 7.56. The van der Waals surface area contributed by atoms with Crippen molar-refractivity contribution in [3.63, 3.8) is 0 Å². The van der Waals surface area contributed by atoms with Gasteiger partial charge in [0.25, 0.3) is 0 Å². The van der Waals surface area contributed by atoms with Crippen LogP contribution in [0, 0.1) is 6.92 Å². The Morgan fingerprint density at radius 1 is 1.50 bits per heavy atom. The molecule has 1 aromatic rings. The average molecular weight is 200 g/mol. The molecule has 0 unspecified atom stereocenters. The summed E-state index contributed by atoms with van der Waals surface area (Å²) in [5.74, 6) is 0. The zero-order valence-electron chi connectivity index (χ0n) is 5.89. The van der Waals surface area contributed by atoms with Crippen molar-refractivity contribution in [3.8, 4) is 0 Å². The van der Waals surface area contributed by atoms with E-state index in [1.54, 1.807) is 0 Å². The summed E-state index contributed by atoms with van der Waals surface area (Å²) in [5, 5.41) is 0.879. The summed E-state index contributed by atoms with van der Waals surface area (Å²) < 4.78 is 0. The third kappa shape index (κ3) is 1.51. The van der Waals surface area contributed by atoms with Crippen LogP contribution in [0.1, 0.15) is 11.1 Å². The van der Waals surface area contributed by atoms with Gasteiger partial charge in [0.05, 0.1) is 0 Å². The molecule has 0 atom stereocenters. The van der Waals surface area contributed by atoms with Gasteiger partial charge in [-0.15, -0.1) is 0 Å². The molecule has 2 heteroatoms. The van der Waals surface area contributed by atoms with Crippen molar-refractivity contribution in [2.75, 3.05) is 5.73 Å². The topological polar surface area (TPSA) is 26.0 Å². The van der Waals surface area contributed by atoms with Crippen LogP contribution in [0.5, 0.6) is 0 Å². The average Bonchev–Trinajstić information content (AvgIpc) is 1.94. The fourth-order valence-corrected chi connectivity index (χ4v) is 1.44. The first kappa shape index (κ1) is 7.61. The molecule has 0 aliphatic carbocycles. The van der Waals surface area contributed by atoms with Crippen LogP contribution in [0.15, 0.2) is 18.2 Å². The number of hydrogen-bond acceptors (Lipinski definition) is 1. The normalized spacial score (nSPS) is 9.80. The van der Waals surface area contributed by atoms with E-state index in [2.05, 4.69) is 22.9 Å². The minimum Gasteiger partial charge on any atom is -0.399 e. The lowest BCUT2D eigenvalue weighted by Crippen LogP contribution is -1.89. The molecule has 1 aromatic carbocycles. The van der Waals surface area contributed by atoms with Crippen LogP contribution in [0.3, 0.4) is 0 Å². The minimum absolute atomic E-state index is 0.833. The fraction of sp³-hybridized carbons (Fsp3) is 0.250. The Bertz CT molecular complexity index is 233. The first-order chi connectivity index (χ1) is 4.74. The summed E-state index contributed by atoms with van der Waals surface area (Å²) in [4.78, 5) is 0. The van der Waals surface area contributed by atoms with E-state index in [0.29, 0.717) is 0 Å². The largest absolute Gasteiger partial charge is 0.399 e. The van der Waals surface area contributed by atoms with Gasteiger partial charge in [-0.25, -0.2) is 0 Å². The number of rotatable bonds is 1. The molecule has 0 fully saturated rings. The molecular formula is C8H10BrN. The second-order valence-corrected chi connectivity index (χ2v) is 2.88. The van der Waals surface area contributed by atoms with E-state index < -0.39 is 0 Å². The standard InChI is InChI=1S/C8H10BrN/c1-6-2-3-8(10)4-7(6)5-9/h2-4H,5,10H2,1H3. The Hall–Kier alpha value is -0.500. The highest BCUT2D eigenvalue weighted by atomic mass is 79.9. The Balaban J connectivity index is 3.09. The van der Waals surface area contributed by atoms with Crippen molar-refractivity contribution in [1.29, 1.82) is 0 Å². The SMILES string of the molecule is Cc1ccc(N)cc1CBr. The number of hydrogen-bond donors (Lipinski definition) is 1. The van der Waals surface area contributed by atoms with Crippen LogP contribution in [0.2, 0.25) is 0 Å². The molecule has 10 heavy (non-hydrogen) atoms. The molecule has 0 aliphatic rings. The van der Waals surface area contributed by atoms with E-state index in [9.17, 15) is 0 Å². The monoisotopic (exact) mass is 199 g/mol. The molecule has 1 nitrogen and oxygen atoms in total. The van der Waals surface area contributed by atoms with Crippen LogP contribution in [0.4, 0.5) is 5.69 Å². The lowest BCUT2D eigenvalue weighted by atomic mass is 10.1. The summed E-state index contributed by atoms with van der Waals surface area (Å²) in [7, 11) is 0. The molecule has 1 rings (SSSR count). The van der Waals surface area contributed by atoms with Crippen molar-refractivity contribution in [2.45, 2.75) is 12.3 Å². The number of halogens is 1. The second kappa shape index (κ2) is 3.06. The maximum absolute atomic E-state index is 5.58. The molecule has 0 spiro atoms. The molecule has 0 aromatic heterocycles. The minimum atomic E-state index is 0.833. The predicted molar refractivity (Wildman–Crippen MR) is 48.2 cm³/mol. The fourth-order valence-electron chi connectivity index (χ4n) is 0.835.